The Labute approximate surface area is 91.3 Å². The molecule has 84 valence electrons. The van der Waals surface area contributed by atoms with Crippen LogP contribution < -0.4 is 5.32 Å². The van der Waals surface area contributed by atoms with E-state index in [1.165, 1.54) is 18.3 Å². The Morgan fingerprint density at radius 3 is 2.69 bits per heavy atom. The molecule has 0 saturated carbocycles. The molecule has 0 saturated heterocycles. The van der Waals surface area contributed by atoms with Crippen LogP contribution in [0.4, 0.5) is 0 Å². The van der Waals surface area contributed by atoms with Crippen LogP contribution in [0.2, 0.25) is 0 Å². The SMILES string of the molecule is O=Cc1ccc(C(=O)NCCC(=O)O)cn1. The fraction of sp³-hybridized carbons (Fsp3) is 0.200. The standard InChI is InChI=1S/C10H10N2O4/c13-6-8-2-1-7(5-12-8)10(16)11-4-3-9(14)15/h1-2,5-6H,3-4H2,(H,11,16)(H,14,15). The maximum absolute atomic E-state index is 11.4. The third-order valence-electron chi connectivity index (χ3n) is 1.79. The number of rotatable bonds is 5. The summed E-state index contributed by atoms with van der Waals surface area (Å²) in [5, 5.41) is 10.8. The molecule has 1 aromatic heterocycles. The highest BCUT2D eigenvalue weighted by molar-refractivity contribution is 5.94. The number of aliphatic carboxylic acids is 1. The molecular formula is C10H10N2O4. The molecule has 0 atom stereocenters. The summed E-state index contributed by atoms with van der Waals surface area (Å²) < 4.78 is 0. The van der Waals surface area contributed by atoms with Gasteiger partial charge in [-0.05, 0) is 12.1 Å². The molecule has 16 heavy (non-hydrogen) atoms. The number of aromatic nitrogens is 1. The van der Waals surface area contributed by atoms with Crippen LogP contribution in [0, 0.1) is 0 Å². The monoisotopic (exact) mass is 222 g/mol. The molecule has 0 bridgehead atoms. The van der Waals surface area contributed by atoms with Gasteiger partial charge in [-0.3, -0.25) is 19.4 Å². The Morgan fingerprint density at radius 1 is 1.44 bits per heavy atom. The number of carboxylic acids is 1. The number of carboxylic acid groups (broad SMARTS) is 1. The van der Waals surface area contributed by atoms with E-state index in [0.717, 1.165) is 0 Å². The van der Waals surface area contributed by atoms with Gasteiger partial charge in [0, 0.05) is 12.7 Å². The van der Waals surface area contributed by atoms with Crippen molar-refractivity contribution in [3.63, 3.8) is 0 Å². The smallest absolute Gasteiger partial charge is 0.305 e. The van der Waals surface area contributed by atoms with E-state index in [0.29, 0.717) is 6.29 Å². The quantitative estimate of drug-likeness (QED) is 0.688. The van der Waals surface area contributed by atoms with Gasteiger partial charge < -0.3 is 10.4 Å². The number of nitrogens with one attached hydrogen (secondary N) is 1. The minimum absolute atomic E-state index is 0.0591. The molecule has 0 aliphatic rings. The van der Waals surface area contributed by atoms with Crippen LogP contribution in [-0.2, 0) is 4.79 Å². The normalized spacial score (nSPS) is 9.50. The Morgan fingerprint density at radius 2 is 2.19 bits per heavy atom. The molecule has 1 aromatic rings. The molecule has 6 nitrogen and oxygen atoms in total. The molecular weight excluding hydrogens is 212 g/mol. The van der Waals surface area contributed by atoms with Gasteiger partial charge in [-0.25, -0.2) is 0 Å². The summed E-state index contributed by atoms with van der Waals surface area (Å²) in [6, 6.07) is 2.87. The van der Waals surface area contributed by atoms with Crippen molar-refractivity contribution in [1.29, 1.82) is 0 Å². The lowest BCUT2D eigenvalue weighted by atomic mass is 10.2. The van der Waals surface area contributed by atoms with Crippen molar-refractivity contribution >= 4 is 18.2 Å². The number of amides is 1. The van der Waals surface area contributed by atoms with Gasteiger partial charge in [0.25, 0.3) is 5.91 Å². The van der Waals surface area contributed by atoms with E-state index in [1.807, 2.05) is 0 Å². The molecule has 1 heterocycles. The minimum atomic E-state index is -0.977. The fourth-order valence-corrected chi connectivity index (χ4v) is 0.994. The lowest BCUT2D eigenvalue weighted by molar-refractivity contribution is -0.136. The zero-order valence-electron chi connectivity index (χ0n) is 8.34. The Bertz CT molecular complexity index is 400. The van der Waals surface area contributed by atoms with Crippen LogP contribution in [0.25, 0.3) is 0 Å². The molecule has 0 unspecified atom stereocenters. The van der Waals surface area contributed by atoms with Crippen LogP contribution in [0.15, 0.2) is 18.3 Å². The number of hydrogen-bond acceptors (Lipinski definition) is 4. The summed E-state index contributed by atoms with van der Waals surface area (Å²) in [5.41, 5.74) is 0.526. The summed E-state index contributed by atoms with van der Waals surface area (Å²) in [6.45, 7) is 0.0591. The first-order chi connectivity index (χ1) is 7.63. The molecule has 0 aliphatic carbocycles. The highest BCUT2D eigenvalue weighted by atomic mass is 16.4. The van der Waals surface area contributed by atoms with Gasteiger partial charge in [-0.1, -0.05) is 0 Å². The van der Waals surface area contributed by atoms with Gasteiger partial charge in [0.2, 0.25) is 0 Å². The Kier molecular flexibility index (Phi) is 4.14. The molecule has 0 radical (unpaired) electrons. The summed E-state index contributed by atoms with van der Waals surface area (Å²) in [4.78, 5) is 35.6. The van der Waals surface area contributed by atoms with Crippen LogP contribution in [0.1, 0.15) is 27.3 Å². The molecule has 6 heteroatoms. The maximum Gasteiger partial charge on any atom is 0.305 e. The number of carbonyl (C=O) groups is 3. The third-order valence-corrected chi connectivity index (χ3v) is 1.79. The maximum atomic E-state index is 11.4. The number of aldehydes is 1. The zero-order chi connectivity index (χ0) is 12.0. The van der Waals surface area contributed by atoms with Crippen molar-refractivity contribution in [2.24, 2.45) is 0 Å². The van der Waals surface area contributed by atoms with Crippen molar-refractivity contribution in [3.8, 4) is 0 Å². The number of carbonyl (C=O) groups excluding carboxylic acids is 2. The van der Waals surface area contributed by atoms with Crippen LogP contribution in [0.5, 0.6) is 0 Å². The van der Waals surface area contributed by atoms with Gasteiger partial charge in [0.1, 0.15) is 5.69 Å². The van der Waals surface area contributed by atoms with Crippen molar-refractivity contribution in [2.45, 2.75) is 6.42 Å². The predicted molar refractivity (Wildman–Crippen MR) is 54.2 cm³/mol. The Balaban J connectivity index is 2.52. The summed E-state index contributed by atoms with van der Waals surface area (Å²) in [6.07, 6.45) is 1.71. The molecule has 2 N–H and O–H groups in total. The van der Waals surface area contributed by atoms with Crippen LogP contribution in [-0.4, -0.2) is 34.8 Å². The van der Waals surface area contributed by atoms with Gasteiger partial charge >= 0.3 is 5.97 Å². The molecule has 1 rings (SSSR count). The first kappa shape index (κ1) is 11.8. The lowest BCUT2D eigenvalue weighted by Gasteiger charge is -2.02. The highest BCUT2D eigenvalue weighted by Gasteiger charge is 2.06. The molecule has 0 aliphatic heterocycles. The van der Waals surface area contributed by atoms with E-state index in [4.69, 9.17) is 5.11 Å². The summed E-state index contributed by atoms with van der Waals surface area (Å²) in [5.74, 6) is -1.39. The topological polar surface area (TPSA) is 96.4 Å². The van der Waals surface area contributed by atoms with E-state index >= 15 is 0 Å². The Hall–Kier alpha value is -2.24. The average Bonchev–Trinajstić information content (AvgIpc) is 2.28. The van der Waals surface area contributed by atoms with Gasteiger partial charge in [0.05, 0.1) is 12.0 Å². The van der Waals surface area contributed by atoms with E-state index in [1.54, 1.807) is 0 Å². The third kappa shape index (κ3) is 3.49. The van der Waals surface area contributed by atoms with Crippen molar-refractivity contribution in [2.75, 3.05) is 6.54 Å². The summed E-state index contributed by atoms with van der Waals surface area (Å²) >= 11 is 0. The fourth-order valence-electron chi connectivity index (χ4n) is 0.994. The van der Waals surface area contributed by atoms with E-state index in [-0.39, 0.29) is 24.2 Å². The molecule has 0 fully saturated rings. The van der Waals surface area contributed by atoms with Crippen LogP contribution >= 0.6 is 0 Å². The predicted octanol–water partition coefficient (Wildman–Crippen LogP) is 0.0986. The zero-order valence-corrected chi connectivity index (χ0v) is 8.34. The minimum Gasteiger partial charge on any atom is -0.481 e. The van der Waals surface area contributed by atoms with Crippen molar-refractivity contribution in [3.05, 3.63) is 29.6 Å². The lowest BCUT2D eigenvalue weighted by Crippen LogP contribution is -2.26. The second kappa shape index (κ2) is 5.59. The molecule has 1 amide bonds. The summed E-state index contributed by atoms with van der Waals surface area (Å²) in [7, 11) is 0. The van der Waals surface area contributed by atoms with Crippen LogP contribution in [0.3, 0.4) is 0 Å². The van der Waals surface area contributed by atoms with Gasteiger partial charge in [0.15, 0.2) is 6.29 Å². The second-order valence-electron chi connectivity index (χ2n) is 2.99. The van der Waals surface area contributed by atoms with Gasteiger partial charge in [-0.2, -0.15) is 0 Å². The van der Waals surface area contributed by atoms with E-state index in [9.17, 15) is 14.4 Å². The van der Waals surface area contributed by atoms with E-state index in [2.05, 4.69) is 10.3 Å². The molecule has 0 spiro atoms. The molecule has 0 aromatic carbocycles. The number of hydrogen-bond donors (Lipinski definition) is 2. The van der Waals surface area contributed by atoms with Crippen molar-refractivity contribution < 1.29 is 19.5 Å². The number of pyridine rings is 1. The van der Waals surface area contributed by atoms with Crippen molar-refractivity contribution in [1.82, 2.24) is 10.3 Å². The van der Waals surface area contributed by atoms with Gasteiger partial charge in [-0.15, -0.1) is 0 Å². The second-order valence-corrected chi connectivity index (χ2v) is 2.99. The number of nitrogens with zero attached hydrogens (tertiary/aromatic N) is 1. The highest BCUT2D eigenvalue weighted by Crippen LogP contribution is 1.98. The van der Waals surface area contributed by atoms with E-state index < -0.39 is 11.9 Å². The largest absolute Gasteiger partial charge is 0.481 e. The first-order valence-electron chi connectivity index (χ1n) is 4.54. The average molecular weight is 222 g/mol. The first-order valence-corrected chi connectivity index (χ1v) is 4.54.